The summed E-state index contributed by atoms with van der Waals surface area (Å²) in [6, 6.07) is 14.0. The van der Waals surface area contributed by atoms with Crippen LogP contribution in [0, 0.1) is 0 Å². The minimum absolute atomic E-state index is 0.136. The number of nitrogens with one attached hydrogen (secondary N) is 1. The molecule has 1 fully saturated rings. The van der Waals surface area contributed by atoms with Gasteiger partial charge in [0.25, 0.3) is 5.91 Å². The molecular formula is C22H24N4O3. The van der Waals surface area contributed by atoms with E-state index in [4.69, 9.17) is 0 Å². The summed E-state index contributed by atoms with van der Waals surface area (Å²) in [5.74, 6) is -0.637. The number of rotatable bonds is 4. The van der Waals surface area contributed by atoms with Crippen LogP contribution in [0.15, 0.2) is 48.5 Å². The molecule has 1 saturated heterocycles. The molecule has 0 radical (unpaired) electrons. The van der Waals surface area contributed by atoms with Crippen LogP contribution in [-0.2, 0) is 9.59 Å². The number of nitrogens with zero attached hydrogens (tertiary/aromatic N) is 3. The number of amides is 3. The second-order valence-electron chi connectivity index (χ2n) is 7.59. The molecule has 0 spiro atoms. The quantitative estimate of drug-likeness (QED) is 0.867. The fourth-order valence-corrected chi connectivity index (χ4v) is 3.96. The zero-order chi connectivity index (χ0) is 20.5. The molecule has 3 amide bonds. The third kappa shape index (κ3) is 3.55. The number of fused-ring (bicyclic) bond motifs is 2. The number of hydrogen-bond acceptors (Lipinski definition) is 4. The van der Waals surface area contributed by atoms with Crippen molar-refractivity contribution in [2.75, 3.05) is 42.3 Å². The minimum Gasteiger partial charge on any atom is -0.378 e. The third-order valence-electron chi connectivity index (χ3n) is 5.46. The molecule has 2 heterocycles. The molecule has 2 aromatic carbocycles. The van der Waals surface area contributed by atoms with Crippen molar-refractivity contribution in [2.24, 2.45) is 0 Å². The van der Waals surface area contributed by atoms with Gasteiger partial charge in [-0.1, -0.05) is 12.1 Å². The third-order valence-corrected chi connectivity index (χ3v) is 5.46. The zero-order valence-electron chi connectivity index (χ0n) is 16.6. The zero-order valence-corrected chi connectivity index (χ0v) is 16.6. The molecular weight excluding hydrogens is 368 g/mol. The van der Waals surface area contributed by atoms with Gasteiger partial charge in [-0.25, -0.2) is 0 Å². The highest BCUT2D eigenvalue weighted by molar-refractivity contribution is 6.13. The Morgan fingerprint density at radius 2 is 1.83 bits per heavy atom. The number of benzene rings is 2. The largest absolute Gasteiger partial charge is 0.378 e. The van der Waals surface area contributed by atoms with Crippen LogP contribution in [0.25, 0.3) is 0 Å². The Hall–Kier alpha value is -3.35. The molecule has 2 aromatic rings. The van der Waals surface area contributed by atoms with Gasteiger partial charge in [-0.05, 0) is 49.2 Å². The predicted molar refractivity (Wildman–Crippen MR) is 112 cm³/mol. The number of para-hydroxylation sites is 1. The maximum absolute atomic E-state index is 13.2. The highest BCUT2D eigenvalue weighted by atomic mass is 16.2. The summed E-state index contributed by atoms with van der Waals surface area (Å²) in [7, 11) is 3.90. The average Bonchev–Trinajstić information content (AvgIpc) is 3.19. The first-order valence-electron chi connectivity index (χ1n) is 9.74. The molecule has 7 nitrogen and oxygen atoms in total. The number of hydrogen-bond donors (Lipinski definition) is 1. The van der Waals surface area contributed by atoms with Crippen LogP contribution >= 0.6 is 0 Å². The number of carbonyl (C=O) groups excluding carboxylic acids is 3. The van der Waals surface area contributed by atoms with Crippen LogP contribution in [-0.4, -0.2) is 55.8 Å². The van der Waals surface area contributed by atoms with Crippen LogP contribution in [0.4, 0.5) is 17.1 Å². The summed E-state index contributed by atoms with van der Waals surface area (Å²) >= 11 is 0. The Kier molecular flexibility index (Phi) is 4.96. The molecule has 4 rings (SSSR count). The SMILES string of the molecule is CN(C)c1ccc(NC(=O)CN2C(=O)[C@@H]3CCCN3C(=O)c3ccccc32)cc1. The Bertz CT molecular complexity index is 955. The summed E-state index contributed by atoms with van der Waals surface area (Å²) in [5, 5.41) is 2.85. The van der Waals surface area contributed by atoms with Crippen molar-refractivity contribution in [3.63, 3.8) is 0 Å². The molecule has 1 atom stereocenters. The van der Waals surface area contributed by atoms with E-state index in [0.29, 0.717) is 29.9 Å². The lowest BCUT2D eigenvalue weighted by atomic mass is 10.1. The van der Waals surface area contributed by atoms with Crippen LogP contribution < -0.4 is 15.1 Å². The lowest BCUT2D eigenvalue weighted by Crippen LogP contribution is -2.47. The number of anilines is 3. The monoisotopic (exact) mass is 392 g/mol. The van der Waals surface area contributed by atoms with Gasteiger partial charge in [-0.2, -0.15) is 0 Å². The van der Waals surface area contributed by atoms with Gasteiger partial charge in [0.15, 0.2) is 0 Å². The maximum atomic E-state index is 13.2. The smallest absolute Gasteiger partial charge is 0.256 e. The fourth-order valence-electron chi connectivity index (χ4n) is 3.96. The summed E-state index contributed by atoms with van der Waals surface area (Å²) in [4.78, 5) is 43.9. The first kappa shape index (κ1) is 19.0. The summed E-state index contributed by atoms with van der Waals surface area (Å²) in [6.45, 7) is 0.435. The van der Waals surface area contributed by atoms with E-state index >= 15 is 0 Å². The Labute approximate surface area is 169 Å². The summed E-state index contributed by atoms with van der Waals surface area (Å²) in [6.07, 6.45) is 1.42. The molecule has 150 valence electrons. The van der Waals surface area contributed by atoms with Crippen LogP contribution in [0.5, 0.6) is 0 Å². The molecule has 2 aliphatic rings. The van der Waals surface area contributed by atoms with Crippen molar-refractivity contribution in [3.8, 4) is 0 Å². The second-order valence-corrected chi connectivity index (χ2v) is 7.59. The van der Waals surface area contributed by atoms with Gasteiger partial charge in [0.2, 0.25) is 11.8 Å². The van der Waals surface area contributed by atoms with E-state index in [1.165, 1.54) is 4.90 Å². The van der Waals surface area contributed by atoms with Gasteiger partial charge < -0.3 is 20.0 Å². The lowest BCUT2D eigenvalue weighted by molar-refractivity contribution is -0.124. The maximum Gasteiger partial charge on any atom is 0.256 e. The highest BCUT2D eigenvalue weighted by Crippen LogP contribution is 2.32. The summed E-state index contributed by atoms with van der Waals surface area (Å²) < 4.78 is 0. The lowest BCUT2D eigenvalue weighted by Gasteiger charge is -2.25. The van der Waals surface area contributed by atoms with Gasteiger partial charge >= 0.3 is 0 Å². The predicted octanol–water partition coefficient (Wildman–Crippen LogP) is 2.34. The molecule has 0 unspecified atom stereocenters. The number of carbonyl (C=O) groups is 3. The van der Waals surface area contributed by atoms with Crippen molar-refractivity contribution in [2.45, 2.75) is 18.9 Å². The normalized spacial score (nSPS) is 18.2. The van der Waals surface area contributed by atoms with E-state index in [1.54, 1.807) is 29.2 Å². The van der Waals surface area contributed by atoms with Gasteiger partial charge in [0.1, 0.15) is 12.6 Å². The van der Waals surface area contributed by atoms with Crippen LogP contribution in [0.1, 0.15) is 23.2 Å². The molecule has 7 heteroatoms. The molecule has 0 bridgehead atoms. The molecule has 0 aliphatic carbocycles. The Morgan fingerprint density at radius 1 is 1.10 bits per heavy atom. The van der Waals surface area contributed by atoms with Crippen molar-refractivity contribution in [1.29, 1.82) is 0 Å². The molecule has 2 aliphatic heterocycles. The molecule has 0 saturated carbocycles. The Balaban J connectivity index is 1.57. The first-order valence-corrected chi connectivity index (χ1v) is 9.74. The van der Waals surface area contributed by atoms with Crippen molar-refractivity contribution in [3.05, 3.63) is 54.1 Å². The van der Waals surface area contributed by atoms with E-state index in [1.807, 2.05) is 43.3 Å². The standard InChI is InChI=1S/C22H24N4O3/c1-24(2)16-11-9-15(10-12-16)23-20(27)14-26-18-7-4-3-6-17(18)21(28)25-13-5-8-19(25)22(26)29/h3-4,6-7,9-12,19H,5,8,13-14H2,1-2H3,(H,23,27)/t19-/m0/s1. The molecule has 0 aromatic heterocycles. The van der Waals surface area contributed by atoms with E-state index in [0.717, 1.165) is 12.1 Å². The summed E-state index contributed by atoms with van der Waals surface area (Å²) in [5.41, 5.74) is 2.65. The topological polar surface area (TPSA) is 73.0 Å². The second kappa shape index (κ2) is 7.58. The minimum atomic E-state index is -0.498. The average molecular weight is 392 g/mol. The van der Waals surface area contributed by atoms with Crippen LogP contribution in [0.3, 0.4) is 0 Å². The fraction of sp³-hybridized carbons (Fsp3) is 0.318. The van der Waals surface area contributed by atoms with Gasteiger partial charge in [0, 0.05) is 32.0 Å². The van der Waals surface area contributed by atoms with Crippen molar-refractivity contribution < 1.29 is 14.4 Å². The highest BCUT2D eigenvalue weighted by Gasteiger charge is 2.42. The molecule has 1 N–H and O–H groups in total. The molecule has 29 heavy (non-hydrogen) atoms. The van der Waals surface area contributed by atoms with E-state index in [-0.39, 0.29) is 24.3 Å². The van der Waals surface area contributed by atoms with E-state index in [9.17, 15) is 14.4 Å². The van der Waals surface area contributed by atoms with E-state index in [2.05, 4.69) is 5.32 Å². The van der Waals surface area contributed by atoms with Gasteiger partial charge in [0.05, 0.1) is 11.3 Å². The van der Waals surface area contributed by atoms with Gasteiger partial charge in [-0.15, -0.1) is 0 Å². The Morgan fingerprint density at radius 3 is 2.55 bits per heavy atom. The van der Waals surface area contributed by atoms with Crippen molar-refractivity contribution in [1.82, 2.24) is 4.90 Å². The first-order chi connectivity index (χ1) is 14.0. The van der Waals surface area contributed by atoms with Crippen molar-refractivity contribution >= 4 is 34.8 Å². The van der Waals surface area contributed by atoms with Gasteiger partial charge in [-0.3, -0.25) is 14.4 Å². The van der Waals surface area contributed by atoms with Crippen LogP contribution in [0.2, 0.25) is 0 Å². The van der Waals surface area contributed by atoms with E-state index < -0.39 is 6.04 Å².